The highest BCUT2D eigenvalue weighted by Gasteiger charge is 2.37. The molecule has 1 aromatic carbocycles. The molecule has 1 unspecified atom stereocenters. The van der Waals surface area contributed by atoms with Crippen molar-refractivity contribution in [3.63, 3.8) is 0 Å². The van der Waals surface area contributed by atoms with Crippen LogP contribution in [0.15, 0.2) is 41.4 Å². The summed E-state index contributed by atoms with van der Waals surface area (Å²) in [6.45, 7) is 9.20. The zero-order valence-corrected chi connectivity index (χ0v) is 17.0. The number of hydrogen-bond donors (Lipinski definition) is 0. The van der Waals surface area contributed by atoms with Gasteiger partial charge in [0, 0.05) is 24.2 Å². The van der Waals surface area contributed by atoms with Crippen molar-refractivity contribution in [3.8, 4) is 0 Å². The van der Waals surface area contributed by atoms with E-state index in [4.69, 9.17) is 0 Å². The summed E-state index contributed by atoms with van der Waals surface area (Å²) in [6.07, 6.45) is 4.64. The first-order valence-corrected chi connectivity index (χ1v) is 10.8. The molecule has 2 heterocycles. The van der Waals surface area contributed by atoms with E-state index in [0.29, 0.717) is 23.7 Å². The van der Waals surface area contributed by atoms with Crippen LogP contribution in [0.25, 0.3) is 0 Å². The summed E-state index contributed by atoms with van der Waals surface area (Å²) >= 11 is 0. The van der Waals surface area contributed by atoms with Gasteiger partial charge in [-0.15, -0.1) is 0 Å². The van der Waals surface area contributed by atoms with Gasteiger partial charge in [-0.2, -0.15) is 9.40 Å². The van der Waals surface area contributed by atoms with E-state index in [0.717, 1.165) is 24.8 Å². The van der Waals surface area contributed by atoms with E-state index in [1.807, 2.05) is 58.0 Å². The van der Waals surface area contributed by atoms with Crippen molar-refractivity contribution in [2.24, 2.45) is 0 Å². The van der Waals surface area contributed by atoms with Crippen LogP contribution in [0.3, 0.4) is 0 Å². The first-order chi connectivity index (χ1) is 12.2. The Bertz CT molecular complexity index is 851. The lowest BCUT2D eigenvalue weighted by Gasteiger charge is -2.32. The Morgan fingerprint density at radius 1 is 1.15 bits per heavy atom. The Balaban J connectivity index is 2.02. The van der Waals surface area contributed by atoms with Gasteiger partial charge >= 0.3 is 0 Å². The van der Waals surface area contributed by atoms with Crippen molar-refractivity contribution >= 4 is 10.0 Å². The quantitative estimate of drug-likeness (QED) is 0.817. The SMILES string of the molecule is CC1CCCCN1S(=O)(=O)c1cn(Cc2ccccc2)nc1C(C)(C)C. The van der Waals surface area contributed by atoms with Gasteiger partial charge in [0.25, 0.3) is 0 Å². The first-order valence-electron chi connectivity index (χ1n) is 9.33. The van der Waals surface area contributed by atoms with Crippen LogP contribution in [0.4, 0.5) is 0 Å². The molecule has 2 aromatic rings. The van der Waals surface area contributed by atoms with Gasteiger partial charge in [-0.25, -0.2) is 8.42 Å². The number of hydrogen-bond acceptors (Lipinski definition) is 3. The van der Waals surface area contributed by atoms with Gasteiger partial charge in [-0.3, -0.25) is 4.68 Å². The zero-order valence-electron chi connectivity index (χ0n) is 16.1. The van der Waals surface area contributed by atoms with E-state index in [9.17, 15) is 8.42 Å². The van der Waals surface area contributed by atoms with Gasteiger partial charge in [-0.1, -0.05) is 57.5 Å². The van der Waals surface area contributed by atoms with Crippen molar-refractivity contribution in [1.82, 2.24) is 14.1 Å². The van der Waals surface area contributed by atoms with E-state index in [1.165, 1.54) is 0 Å². The predicted molar refractivity (Wildman–Crippen MR) is 104 cm³/mol. The second-order valence-corrected chi connectivity index (χ2v) is 10.1. The molecule has 26 heavy (non-hydrogen) atoms. The van der Waals surface area contributed by atoms with Gasteiger partial charge in [0.05, 0.1) is 12.2 Å². The highest BCUT2D eigenvalue weighted by Crippen LogP contribution is 2.32. The molecule has 1 atom stereocenters. The topological polar surface area (TPSA) is 55.2 Å². The minimum Gasteiger partial charge on any atom is -0.267 e. The number of aromatic nitrogens is 2. The van der Waals surface area contributed by atoms with Gasteiger partial charge in [0.2, 0.25) is 10.0 Å². The van der Waals surface area contributed by atoms with Crippen molar-refractivity contribution in [1.29, 1.82) is 0 Å². The highest BCUT2D eigenvalue weighted by molar-refractivity contribution is 7.89. The van der Waals surface area contributed by atoms with Gasteiger partial charge in [0.15, 0.2) is 0 Å². The molecule has 0 aliphatic carbocycles. The molecule has 5 nitrogen and oxygen atoms in total. The predicted octanol–water partition coefficient (Wildman–Crippen LogP) is 3.79. The molecule has 0 spiro atoms. The molecule has 0 saturated carbocycles. The third-order valence-corrected chi connectivity index (χ3v) is 6.97. The summed E-state index contributed by atoms with van der Waals surface area (Å²) in [5.41, 5.74) is 1.40. The van der Waals surface area contributed by atoms with Gasteiger partial charge in [-0.05, 0) is 25.3 Å². The standard InChI is InChI=1S/C20H29N3O2S/c1-16-10-8-9-13-23(16)26(24,25)18-15-22(21-19(18)20(2,3)4)14-17-11-6-5-7-12-17/h5-7,11-12,15-16H,8-10,13-14H2,1-4H3. The van der Waals surface area contributed by atoms with E-state index in [-0.39, 0.29) is 11.5 Å². The minimum absolute atomic E-state index is 0.0408. The molecule has 1 aliphatic heterocycles. The van der Waals surface area contributed by atoms with Crippen LogP contribution in [-0.4, -0.2) is 35.1 Å². The van der Waals surface area contributed by atoms with Crippen LogP contribution in [0, 0.1) is 0 Å². The Morgan fingerprint density at radius 3 is 2.46 bits per heavy atom. The van der Waals surface area contributed by atoms with Crippen LogP contribution in [0.5, 0.6) is 0 Å². The maximum absolute atomic E-state index is 13.4. The molecule has 0 amide bonds. The van der Waals surface area contributed by atoms with Crippen LogP contribution < -0.4 is 0 Å². The van der Waals surface area contributed by atoms with E-state index in [2.05, 4.69) is 5.10 Å². The number of rotatable bonds is 4. The van der Waals surface area contributed by atoms with Gasteiger partial charge < -0.3 is 0 Å². The Labute approximate surface area is 157 Å². The Hall–Kier alpha value is -1.66. The van der Waals surface area contributed by atoms with Crippen molar-refractivity contribution in [2.75, 3.05) is 6.54 Å². The number of sulfonamides is 1. The van der Waals surface area contributed by atoms with Crippen LogP contribution in [0.1, 0.15) is 58.2 Å². The van der Waals surface area contributed by atoms with E-state index < -0.39 is 10.0 Å². The van der Waals surface area contributed by atoms with Crippen molar-refractivity contribution < 1.29 is 8.42 Å². The molecule has 142 valence electrons. The maximum Gasteiger partial charge on any atom is 0.246 e. The summed E-state index contributed by atoms with van der Waals surface area (Å²) in [7, 11) is -3.55. The fourth-order valence-corrected chi connectivity index (χ4v) is 5.57. The van der Waals surface area contributed by atoms with Crippen LogP contribution in [-0.2, 0) is 22.0 Å². The molecule has 0 bridgehead atoms. The summed E-state index contributed by atoms with van der Waals surface area (Å²) in [5.74, 6) is 0. The Morgan fingerprint density at radius 2 is 1.85 bits per heavy atom. The highest BCUT2D eigenvalue weighted by atomic mass is 32.2. The summed E-state index contributed by atoms with van der Waals surface area (Å²) in [4.78, 5) is 0.356. The van der Waals surface area contributed by atoms with Crippen molar-refractivity contribution in [2.45, 2.75) is 69.9 Å². The minimum atomic E-state index is -3.55. The average molecular weight is 376 g/mol. The molecule has 6 heteroatoms. The van der Waals surface area contributed by atoms with Gasteiger partial charge in [0.1, 0.15) is 4.90 Å². The zero-order chi connectivity index (χ0) is 18.9. The molecule has 1 saturated heterocycles. The average Bonchev–Trinajstić information content (AvgIpc) is 3.01. The summed E-state index contributed by atoms with van der Waals surface area (Å²) < 4.78 is 30.2. The molecular formula is C20H29N3O2S. The fourth-order valence-electron chi connectivity index (χ4n) is 3.52. The maximum atomic E-state index is 13.4. The number of nitrogens with zero attached hydrogens (tertiary/aromatic N) is 3. The molecule has 1 aromatic heterocycles. The lowest BCUT2D eigenvalue weighted by Crippen LogP contribution is -2.42. The molecule has 3 rings (SSSR count). The van der Waals surface area contributed by atoms with E-state index in [1.54, 1.807) is 15.2 Å². The second kappa shape index (κ2) is 7.16. The molecule has 0 N–H and O–H groups in total. The molecule has 0 radical (unpaired) electrons. The van der Waals surface area contributed by atoms with Crippen LogP contribution >= 0.6 is 0 Å². The van der Waals surface area contributed by atoms with Crippen molar-refractivity contribution in [3.05, 3.63) is 47.8 Å². The third-order valence-electron chi connectivity index (χ3n) is 4.95. The third kappa shape index (κ3) is 3.86. The molecule has 1 aliphatic rings. The molecular weight excluding hydrogens is 346 g/mol. The van der Waals surface area contributed by atoms with E-state index >= 15 is 0 Å². The number of benzene rings is 1. The lowest BCUT2D eigenvalue weighted by molar-refractivity contribution is 0.268. The smallest absolute Gasteiger partial charge is 0.246 e. The fraction of sp³-hybridized carbons (Fsp3) is 0.550. The summed E-state index contributed by atoms with van der Waals surface area (Å²) in [6, 6.07) is 10.0. The summed E-state index contributed by atoms with van der Waals surface area (Å²) in [5, 5.41) is 4.67. The largest absolute Gasteiger partial charge is 0.267 e. The molecule has 1 fully saturated rings. The normalized spacial score (nSPS) is 19.6. The van der Waals surface area contributed by atoms with Crippen LogP contribution in [0.2, 0.25) is 0 Å². The first kappa shape index (κ1) is 19.1. The monoisotopic (exact) mass is 375 g/mol. The number of piperidine rings is 1. The lowest BCUT2D eigenvalue weighted by atomic mass is 9.92. The Kier molecular flexibility index (Phi) is 5.26. The second-order valence-electron chi connectivity index (χ2n) is 8.24.